The summed E-state index contributed by atoms with van der Waals surface area (Å²) in [5, 5.41) is 28.7. The molecule has 0 saturated heterocycles. The lowest BCUT2D eigenvalue weighted by Gasteiger charge is -2.22. The van der Waals surface area contributed by atoms with E-state index in [1.54, 1.807) is 19.1 Å². The summed E-state index contributed by atoms with van der Waals surface area (Å²) in [4.78, 5) is 11.2. The molecule has 1 amide bonds. The average molecular weight is 200 g/mol. The van der Waals surface area contributed by atoms with E-state index in [4.69, 9.17) is 15.8 Å². The maximum atomic E-state index is 11.2. The molecule has 1 rings (SSSR count). The second-order valence-electron chi connectivity index (χ2n) is 3.28. The molecule has 0 radical (unpaired) electrons. The van der Waals surface area contributed by atoms with Gasteiger partial charge in [0.15, 0.2) is 5.92 Å². The van der Waals surface area contributed by atoms with Gasteiger partial charge in [0.1, 0.15) is 0 Å². The normalized spacial score (nSPS) is 20.2. The first-order chi connectivity index (χ1) is 7.13. The van der Waals surface area contributed by atoms with Gasteiger partial charge in [-0.25, -0.2) is 0 Å². The maximum absolute atomic E-state index is 11.2. The van der Waals surface area contributed by atoms with Crippen LogP contribution in [0.4, 0.5) is 0 Å². The molecule has 1 aliphatic heterocycles. The minimum atomic E-state index is -1.08. The van der Waals surface area contributed by atoms with E-state index in [0.29, 0.717) is 5.57 Å². The molecule has 0 aromatic rings. The molecule has 0 fully saturated rings. The Balaban J connectivity index is 3.22. The van der Waals surface area contributed by atoms with Crippen molar-refractivity contribution >= 4 is 5.91 Å². The van der Waals surface area contributed by atoms with Gasteiger partial charge in [0.05, 0.1) is 29.5 Å². The molecule has 15 heavy (non-hydrogen) atoms. The van der Waals surface area contributed by atoms with Gasteiger partial charge >= 0.3 is 0 Å². The van der Waals surface area contributed by atoms with Crippen LogP contribution in [0.5, 0.6) is 0 Å². The van der Waals surface area contributed by atoms with Gasteiger partial charge in [-0.3, -0.25) is 4.79 Å². The molecule has 0 aliphatic carbocycles. The van der Waals surface area contributed by atoms with E-state index in [1.807, 2.05) is 6.07 Å². The van der Waals surface area contributed by atoms with Crippen LogP contribution in [0.15, 0.2) is 11.3 Å². The summed E-state index contributed by atoms with van der Waals surface area (Å²) in [5.41, 5.74) is 0.467. The molecule has 0 aromatic heterocycles. The lowest BCUT2D eigenvalue weighted by molar-refractivity contribution is -0.121. The highest BCUT2D eigenvalue weighted by Crippen LogP contribution is 2.25. The van der Waals surface area contributed by atoms with Crippen LogP contribution in [0.25, 0.3) is 0 Å². The molecule has 5 nitrogen and oxygen atoms in total. The molecule has 1 N–H and O–H groups in total. The van der Waals surface area contributed by atoms with Crippen LogP contribution < -0.4 is 5.32 Å². The topological polar surface area (TPSA) is 100 Å². The Bertz CT molecular complexity index is 430. The van der Waals surface area contributed by atoms with Crippen molar-refractivity contribution in [1.82, 2.24) is 5.32 Å². The zero-order valence-electron chi connectivity index (χ0n) is 8.11. The molecule has 1 atom stereocenters. The Labute approximate surface area is 87.2 Å². The fourth-order valence-electron chi connectivity index (χ4n) is 1.47. The van der Waals surface area contributed by atoms with Crippen LogP contribution in [0.3, 0.4) is 0 Å². The van der Waals surface area contributed by atoms with Gasteiger partial charge in [-0.05, 0) is 0 Å². The molecule has 1 heterocycles. The Morgan fingerprint density at radius 3 is 2.47 bits per heavy atom. The van der Waals surface area contributed by atoms with Crippen molar-refractivity contribution in [2.75, 3.05) is 0 Å². The number of amides is 1. The van der Waals surface area contributed by atoms with Crippen molar-refractivity contribution in [3.05, 3.63) is 11.3 Å². The molecule has 1 unspecified atom stereocenters. The third-order valence-electron chi connectivity index (χ3n) is 2.22. The second-order valence-corrected chi connectivity index (χ2v) is 3.28. The highest BCUT2D eigenvalue weighted by molar-refractivity contribution is 5.81. The van der Waals surface area contributed by atoms with Gasteiger partial charge in [0.2, 0.25) is 5.91 Å². The molecule has 74 valence electrons. The smallest absolute Gasteiger partial charge is 0.224 e. The summed E-state index contributed by atoms with van der Waals surface area (Å²) < 4.78 is 0. The number of nitriles is 3. The third kappa shape index (κ3) is 1.95. The lowest BCUT2D eigenvalue weighted by Crippen LogP contribution is -2.34. The number of carbonyl (C=O) groups is 1. The van der Waals surface area contributed by atoms with Crippen molar-refractivity contribution in [2.45, 2.75) is 13.3 Å². The third-order valence-corrected chi connectivity index (χ3v) is 2.22. The van der Waals surface area contributed by atoms with E-state index in [1.165, 1.54) is 0 Å². The summed E-state index contributed by atoms with van der Waals surface area (Å²) in [5.74, 6) is -1.57. The van der Waals surface area contributed by atoms with Crippen molar-refractivity contribution in [3.8, 4) is 18.2 Å². The summed E-state index contributed by atoms with van der Waals surface area (Å²) in [6, 6.07) is 5.42. The fourth-order valence-corrected chi connectivity index (χ4v) is 1.47. The number of carbonyl (C=O) groups excluding carboxylic acids is 1. The van der Waals surface area contributed by atoms with Crippen LogP contribution in [0.1, 0.15) is 13.3 Å². The van der Waals surface area contributed by atoms with Gasteiger partial charge in [-0.2, -0.15) is 15.8 Å². The molecule has 5 heteroatoms. The molecule has 1 aliphatic rings. The SMILES string of the molecule is CC1CC(=O)NC(C(C#N)C#N)=C1C#N. The number of allylic oxidation sites excluding steroid dienone is 2. The summed E-state index contributed by atoms with van der Waals surface area (Å²) in [6.07, 6.45) is 0.218. The molecule has 0 aromatic carbocycles. The first kappa shape index (κ1) is 10.8. The minimum Gasteiger partial charge on any atom is -0.327 e. The van der Waals surface area contributed by atoms with E-state index in [9.17, 15) is 4.79 Å². The van der Waals surface area contributed by atoms with Gasteiger partial charge in [-0.15, -0.1) is 0 Å². The first-order valence-corrected chi connectivity index (χ1v) is 4.37. The monoisotopic (exact) mass is 200 g/mol. The number of rotatable bonds is 1. The lowest BCUT2D eigenvalue weighted by atomic mass is 9.89. The van der Waals surface area contributed by atoms with Gasteiger partial charge < -0.3 is 5.32 Å². The van der Waals surface area contributed by atoms with E-state index >= 15 is 0 Å². The largest absolute Gasteiger partial charge is 0.327 e. The molecule has 0 bridgehead atoms. The van der Waals surface area contributed by atoms with Gasteiger partial charge in [-0.1, -0.05) is 6.92 Å². The Hall–Kier alpha value is -2.32. The molecule has 0 saturated carbocycles. The number of nitrogens with one attached hydrogen (secondary N) is 1. The second kappa shape index (κ2) is 4.26. The van der Waals surface area contributed by atoms with Gasteiger partial charge in [0, 0.05) is 12.3 Å². The molecular weight excluding hydrogens is 192 g/mol. The van der Waals surface area contributed by atoms with Crippen LogP contribution in [-0.4, -0.2) is 5.91 Å². The minimum absolute atomic E-state index is 0.145. The predicted octanol–water partition coefficient (Wildman–Crippen LogP) is 0.583. The van der Waals surface area contributed by atoms with E-state index in [2.05, 4.69) is 5.32 Å². The standard InChI is InChI=1S/C10H8N4O/c1-6-2-9(15)14-10(8(6)5-13)7(3-11)4-12/h6-7H,2H2,1H3,(H,14,15). The van der Waals surface area contributed by atoms with Crippen molar-refractivity contribution in [2.24, 2.45) is 11.8 Å². The zero-order valence-corrected chi connectivity index (χ0v) is 8.11. The van der Waals surface area contributed by atoms with E-state index < -0.39 is 5.92 Å². The highest BCUT2D eigenvalue weighted by Gasteiger charge is 2.29. The van der Waals surface area contributed by atoms with Crippen LogP contribution >= 0.6 is 0 Å². The van der Waals surface area contributed by atoms with Crippen molar-refractivity contribution in [3.63, 3.8) is 0 Å². The van der Waals surface area contributed by atoms with Crippen LogP contribution in [0.2, 0.25) is 0 Å². The Kier molecular flexibility index (Phi) is 3.06. The zero-order chi connectivity index (χ0) is 11.4. The van der Waals surface area contributed by atoms with Crippen LogP contribution in [0, 0.1) is 45.8 Å². The van der Waals surface area contributed by atoms with Crippen molar-refractivity contribution < 1.29 is 4.79 Å². The summed E-state index contributed by atoms with van der Waals surface area (Å²) >= 11 is 0. The Morgan fingerprint density at radius 2 is 2.00 bits per heavy atom. The summed E-state index contributed by atoms with van der Waals surface area (Å²) in [6.45, 7) is 1.73. The van der Waals surface area contributed by atoms with E-state index in [0.717, 1.165) is 0 Å². The Morgan fingerprint density at radius 1 is 1.40 bits per heavy atom. The number of nitrogens with zero attached hydrogens (tertiary/aromatic N) is 3. The molecule has 0 spiro atoms. The molecular formula is C10H8N4O. The average Bonchev–Trinajstić information content (AvgIpc) is 2.19. The number of hydrogen-bond acceptors (Lipinski definition) is 4. The predicted molar refractivity (Wildman–Crippen MR) is 49.3 cm³/mol. The van der Waals surface area contributed by atoms with Crippen LogP contribution in [-0.2, 0) is 4.79 Å². The van der Waals surface area contributed by atoms with Crippen molar-refractivity contribution in [1.29, 1.82) is 15.8 Å². The summed E-state index contributed by atoms with van der Waals surface area (Å²) in [7, 11) is 0. The quantitative estimate of drug-likeness (QED) is 0.669. The fraction of sp³-hybridized carbons (Fsp3) is 0.400. The number of hydrogen-bond donors (Lipinski definition) is 1. The van der Waals surface area contributed by atoms with E-state index in [-0.39, 0.29) is 23.9 Å². The first-order valence-electron chi connectivity index (χ1n) is 4.37. The van der Waals surface area contributed by atoms with Gasteiger partial charge in [0.25, 0.3) is 0 Å². The highest BCUT2D eigenvalue weighted by atomic mass is 16.1. The maximum Gasteiger partial charge on any atom is 0.224 e.